The maximum Gasteiger partial charge on any atom is 0.248 e. The molecule has 0 saturated heterocycles. The van der Waals surface area contributed by atoms with E-state index in [-0.39, 0.29) is 12.5 Å². The van der Waals surface area contributed by atoms with Gasteiger partial charge in [-0.2, -0.15) is 0 Å². The quantitative estimate of drug-likeness (QED) is 0.529. The SMILES string of the molecule is NC(=O)CN1CCC(N)=CC1=O. The first-order valence-corrected chi connectivity index (χ1v) is 3.63. The molecule has 1 aliphatic rings. The van der Waals surface area contributed by atoms with Gasteiger partial charge in [0.25, 0.3) is 0 Å². The normalized spacial score (nSPS) is 17.5. The highest BCUT2D eigenvalue weighted by molar-refractivity contribution is 5.92. The summed E-state index contributed by atoms with van der Waals surface area (Å²) < 4.78 is 0. The van der Waals surface area contributed by atoms with Crippen LogP contribution in [-0.4, -0.2) is 29.8 Å². The molecule has 5 nitrogen and oxygen atoms in total. The van der Waals surface area contributed by atoms with Crippen molar-refractivity contribution in [3.8, 4) is 0 Å². The summed E-state index contributed by atoms with van der Waals surface area (Å²) in [6.45, 7) is 0.451. The highest BCUT2D eigenvalue weighted by Gasteiger charge is 2.17. The molecule has 1 aliphatic heterocycles. The molecule has 0 aromatic carbocycles. The van der Waals surface area contributed by atoms with Gasteiger partial charge in [0.15, 0.2) is 0 Å². The first-order chi connectivity index (χ1) is 5.59. The summed E-state index contributed by atoms with van der Waals surface area (Å²) in [5.74, 6) is -0.741. The van der Waals surface area contributed by atoms with Gasteiger partial charge in [-0.3, -0.25) is 9.59 Å². The van der Waals surface area contributed by atoms with Crippen LogP contribution in [0.1, 0.15) is 6.42 Å². The Morgan fingerprint density at radius 3 is 2.83 bits per heavy atom. The van der Waals surface area contributed by atoms with Gasteiger partial charge in [-0.1, -0.05) is 0 Å². The maximum absolute atomic E-state index is 11.1. The zero-order chi connectivity index (χ0) is 9.14. The van der Waals surface area contributed by atoms with E-state index in [2.05, 4.69) is 0 Å². The van der Waals surface area contributed by atoms with Crippen LogP contribution in [0.5, 0.6) is 0 Å². The summed E-state index contributed by atoms with van der Waals surface area (Å²) in [4.78, 5) is 22.9. The topological polar surface area (TPSA) is 89.4 Å². The van der Waals surface area contributed by atoms with Crippen LogP contribution in [0.25, 0.3) is 0 Å². The summed E-state index contributed by atoms with van der Waals surface area (Å²) in [5, 5.41) is 0. The van der Waals surface area contributed by atoms with E-state index in [1.807, 2.05) is 0 Å². The van der Waals surface area contributed by atoms with E-state index in [4.69, 9.17) is 11.5 Å². The number of primary amides is 1. The molecule has 0 aromatic heterocycles. The summed E-state index contributed by atoms with van der Waals surface area (Å²) >= 11 is 0. The Labute approximate surface area is 70.0 Å². The third kappa shape index (κ3) is 1.98. The van der Waals surface area contributed by atoms with Crippen molar-refractivity contribution in [3.63, 3.8) is 0 Å². The second kappa shape index (κ2) is 3.25. The monoisotopic (exact) mass is 169 g/mol. The lowest BCUT2D eigenvalue weighted by molar-refractivity contribution is -0.131. The molecule has 1 rings (SSSR count). The Kier molecular flexibility index (Phi) is 2.32. The molecular formula is C7H11N3O2. The highest BCUT2D eigenvalue weighted by atomic mass is 16.2. The van der Waals surface area contributed by atoms with Crippen molar-refractivity contribution in [1.29, 1.82) is 0 Å². The number of nitrogens with zero attached hydrogens (tertiary/aromatic N) is 1. The Bertz CT molecular complexity index is 247. The van der Waals surface area contributed by atoms with Gasteiger partial charge in [-0.05, 0) is 0 Å². The number of hydrogen-bond acceptors (Lipinski definition) is 3. The molecule has 0 saturated carbocycles. The summed E-state index contributed by atoms with van der Waals surface area (Å²) in [6, 6.07) is 0. The Morgan fingerprint density at radius 2 is 2.33 bits per heavy atom. The van der Waals surface area contributed by atoms with E-state index in [9.17, 15) is 9.59 Å². The summed E-state index contributed by atoms with van der Waals surface area (Å²) in [7, 11) is 0. The Balaban J connectivity index is 2.59. The largest absolute Gasteiger partial charge is 0.402 e. The second-order valence-electron chi connectivity index (χ2n) is 2.70. The fraction of sp³-hybridized carbons (Fsp3) is 0.429. The van der Waals surface area contributed by atoms with Gasteiger partial charge in [0.2, 0.25) is 11.8 Å². The van der Waals surface area contributed by atoms with E-state index >= 15 is 0 Å². The van der Waals surface area contributed by atoms with Crippen molar-refractivity contribution >= 4 is 11.8 Å². The first-order valence-electron chi connectivity index (χ1n) is 3.63. The number of rotatable bonds is 2. The lowest BCUT2D eigenvalue weighted by Crippen LogP contribution is -2.41. The third-order valence-electron chi connectivity index (χ3n) is 1.64. The van der Waals surface area contributed by atoms with Gasteiger partial charge in [-0.15, -0.1) is 0 Å². The van der Waals surface area contributed by atoms with E-state index in [1.54, 1.807) is 0 Å². The fourth-order valence-electron chi connectivity index (χ4n) is 1.04. The number of amides is 2. The zero-order valence-electron chi connectivity index (χ0n) is 6.62. The van der Waals surface area contributed by atoms with Gasteiger partial charge >= 0.3 is 0 Å². The molecule has 0 unspecified atom stereocenters. The minimum absolute atomic E-state index is 0.0252. The third-order valence-corrected chi connectivity index (χ3v) is 1.64. The van der Waals surface area contributed by atoms with Gasteiger partial charge < -0.3 is 16.4 Å². The number of hydrogen-bond donors (Lipinski definition) is 2. The average molecular weight is 169 g/mol. The molecule has 0 bridgehead atoms. The average Bonchev–Trinajstić information content (AvgIpc) is 1.94. The zero-order valence-corrected chi connectivity index (χ0v) is 6.62. The Hall–Kier alpha value is -1.52. The van der Waals surface area contributed by atoms with E-state index in [0.29, 0.717) is 18.7 Å². The van der Waals surface area contributed by atoms with E-state index in [0.717, 1.165) is 0 Å². The molecule has 2 amide bonds. The number of nitrogens with two attached hydrogens (primary N) is 2. The first kappa shape index (κ1) is 8.58. The van der Waals surface area contributed by atoms with Crippen LogP contribution < -0.4 is 11.5 Å². The lowest BCUT2D eigenvalue weighted by atomic mass is 10.2. The van der Waals surface area contributed by atoms with Crippen LogP contribution in [0.3, 0.4) is 0 Å². The maximum atomic E-state index is 11.1. The van der Waals surface area contributed by atoms with Crippen molar-refractivity contribution in [3.05, 3.63) is 11.8 Å². The molecule has 12 heavy (non-hydrogen) atoms. The molecule has 0 aromatic rings. The van der Waals surface area contributed by atoms with Gasteiger partial charge in [0.1, 0.15) is 0 Å². The molecule has 5 heteroatoms. The molecular weight excluding hydrogens is 158 g/mol. The predicted molar refractivity (Wildman–Crippen MR) is 42.7 cm³/mol. The summed E-state index contributed by atoms with van der Waals surface area (Å²) in [5.41, 5.74) is 10.9. The van der Waals surface area contributed by atoms with Crippen molar-refractivity contribution in [2.24, 2.45) is 11.5 Å². The van der Waals surface area contributed by atoms with Crippen molar-refractivity contribution in [2.45, 2.75) is 6.42 Å². The molecule has 0 radical (unpaired) electrons. The van der Waals surface area contributed by atoms with Gasteiger partial charge in [0, 0.05) is 24.7 Å². The minimum Gasteiger partial charge on any atom is -0.402 e. The smallest absolute Gasteiger partial charge is 0.248 e. The molecule has 0 spiro atoms. The number of carbonyl (C=O) groups excluding carboxylic acids is 2. The van der Waals surface area contributed by atoms with Crippen LogP contribution in [-0.2, 0) is 9.59 Å². The molecule has 0 fully saturated rings. The standard InChI is InChI=1S/C7H11N3O2/c8-5-1-2-10(4-6(9)11)7(12)3-5/h3H,1-2,4,8H2,(H2,9,11). The van der Waals surface area contributed by atoms with Crippen LogP contribution in [0.4, 0.5) is 0 Å². The highest BCUT2D eigenvalue weighted by Crippen LogP contribution is 2.05. The fourth-order valence-corrected chi connectivity index (χ4v) is 1.04. The molecule has 1 heterocycles. The molecule has 0 aliphatic carbocycles. The predicted octanol–water partition coefficient (Wildman–Crippen LogP) is -1.45. The number of carbonyl (C=O) groups is 2. The summed E-state index contributed by atoms with van der Waals surface area (Å²) in [6.07, 6.45) is 1.94. The van der Waals surface area contributed by atoms with E-state index < -0.39 is 5.91 Å². The van der Waals surface area contributed by atoms with Crippen molar-refractivity contribution in [2.75, 3.05) is 13.1 Å². The molecule has 4 N–H and O–H groups in total. The van der Waals surface area contributed by atoms with Crippen LogP contribution in [0, 0.1) is 0 Å². The van der Waals surface area contributed by atoms with Crippen molar-refractivity contribution in [1.82, 2.24) is 4.90 Å². The van der Waals surface area contributed by atoms with Gasteiger partial charge in [-0.25, -0.2) is 0 Å². The van der Waals surface area contributed by atoms with Crippen LogP contribution in [0.2, 0.25) is 0 Å². The van der Waals surface area contributed by atoms with Crippen LogP contribution >= 0.6 is 0 Å². The minimum atomic E-state index is -0.503. The van der Waals surface area contributed by atoms with Crippen molar-refractivity contribution < 1.29 is 9.59 Å². The molecule has 0 atom stereocenters. The second-order valence-corrected chi connectivity index (χ2v) is 2.70. The molecule has 66 valence electrons. The van der Waals surface area contributed by atoms with Crippen LogP contribution in [0.15, 0.2) is 11.8 Å². The van der Waals surface area contributed by atoms with E-state index in [1.165, 1.54) is 11.0 Å². The Morgan fingerprint density at radius 1 is 1.67 bits per heavy atom. The van der Waals surface area contributed by atoms with Gasteiger partial charge in [0.05, 0.1) is 6.54 Å². The lowest BCUT2D eigenvalue weighted by Gasteiger charge is -2.23.